The van der Waals surface area contributed by atoms with Crippen LogP contribution in [0.4, 0.5) is 0 Å². The highest BCUT2D eigenvalue weighted by atomic mass is 35.5. The number of allylic oxidation sites excluding steroid dienone is 3. The smallest absolute Gasteiger partial charge is 0.158 e. The van der Waals surface area contributed by atoms with Crippen LogP contribution in [0.25, 0.3) is 0 Å². The lowest BCUT2D eigenvalue weighted by atomic mass is 9.81. The van der Waals surface area contributed by atoms with Crippen molar-refractivity contribution in [1.29, 1.82) is 5.26 Å². The Morgan fingerprint density at radius 1 is 1.18 bits per heavy atom. The number of nitriles is 1. The second-order valence-corrected chi connectivity index (χ2v) is 8.27. The zero-order valence-corrected chi connectivity index (χ0v) is 17.8. The van der Waals surface area contributed by atoms with Crippen LogP contribution in [0.3, 0.4) is 0 Å². The molecule has 1 atom stereocenters. The van der Waals surface area contributed by atoms with Gasteiger partial charge >= 0.3 is 0 Å². The predicted octanol–water partition coefficient (Wildman–Crippen LogP) is 6.21. The van der Waals surface area contributed by atoms with E-state index in [1.807, 2.05) is 43.3 Å². The third kappa shape index (κ3) is 4.28. The number of carbonyl (C=O) groups is 1. The molecule has 0 radical (unpaired) electrons. The Hall–Kier alpha value is -2.19. The first-order valence-electron chi connectivity index (χ1n) is 8.67. The van der Waals surface area contributed by atoms with Crippen molar-refractivity contribution in [3.63, 3.8) is 0 Å². The number of nitrogens with zero attached hydrogens (tertiary/aromatic N) is 1. The van der Waals surface area contributed by atoms with Gasteiger partial charge < -0.3 is 5.32 Å². The van der Waals surface area contributed by atoms with Crippen LogP contribution in [0.5, 0.6) is 0 Å². The molecule has 3 nitrogen and oxygen atoms in total. The van der Waals surface area contributed by atoms with Gasteiger partial charge in [-0.25, -0.2) is 0 Å². The summed E-state index contributed by atoms with van der Waals surface area (Å²) in [6, 6.07) is 17.2. The number of benzene rings is 2. The highest BCUT2D eigenvalue weighted by molar-refractivity contribution is 8.02. The number of dihydropyridines is 1. The Kier molecular flexibility index (Phi) is 6.51. The van der Waals surface area contributed by atoms with E-state index in [1.54, 1.807) is 12.1 Å². The standard InChI is InChI=1S/C22H18Cl2N2OS/c1-13-20(14(2)27)21(15-7-9-17(23)10-8-15)18(11-25)22(26-13)28-12-16-5-3-4-6-19(16)24/h3-10,21,26H,12H2,1-2H3/t21-/m0/s1. The number of carbonyl (C=O) groups excluding carboxylic acids is 1. The predicted molar refractivity (Wildman–Crippen MR) is 116 cm³/mol. The fourth-order valence-electron chi connectivity index (χ4n) is 3.25. The van der Waals surface area contributed by atoms with Crippen LogP contribution in [0, 0.1) is 11.3 Å². The fraction of sp³-hybridized carbons (Fsp3) is 0.182. The van der Waals surface area contributed by atoms with E-state index in [2.05, 4.69) is 11.4 Å². The molecular formula is C22H18Cl2N2OS. The largest absolute Gasteiger partial charge is 0.353 e. The van der Waals surface area contributed by atoms with Gasteiger partial charge in [-0.1, -0.05) is 53.5 Å². The molecule has 0 fully saturated rings. The van der Waals surface area contributed by atoms with Crippen LogP contribution in [-0.4, -0.2) is 5.78 Å². The summed E-state index contributed by atoms with van der Waals surface area (Å²) in [5, 5.41) is 15.2. The minimum Gasteiger partial charge on any atom is -0.353 e. The zero-order chi connectivity index (χ0) is 20.3. The molecule has 0 unspecified atom stereocenters. The van der Waals surface area contributed by atoms with Gasteiger partial charge in [0.1, 0.15) is 0 Å². The lowest BCUT2D eigenvalue weighted by molar-refractivity contribution is -0.113. The quantitative estimate of drug-likeness (QED) is 0.614. The molecular weight excluding hydrogens is 411 g/mol. The number of nitrogens with one attached hydrogen (secondary N) is 1. The Balaban J connectivity index is 2.02. The van der Waals surface area contributed by atoms with Crippen molar-refractivity contribution in [2.24, 2.45) is 0 Å². The second-order valence-electron chi connectivity index (χ2n) is 6.44. The molecule has 0 amide bonds. The molecule has 6 heteroatoms. The molecule has 0 saturated heterocycles. The summed E-state index contributed by atoms with van der Waals surface area (Å²) in [6.07, 6.45) is 0. The summed E-state index contributed by atoms with van der Waals surface area (Å²) in [7, 11) is 0. The van der Waals surface area contributed by atoms with Gasteiger partial charge in [0.2, 0.25) is 0 Å². The number of halogens is 2. The summed E-state index contributed by atoms with van der Waals surface area (Å²) in [5.41, 5.74) is 3.73. The molecule has 3 rings (SSSR count). The molecule has 0 saturated carbocycles. The molecule has 28 heavy (non-hydrogen) atoms. The van der Waals surface area contributed by atoms with Crippen molar-refractivity contribution in [3.05, 3.63) is 91.6 Å². The molecule has 142 valence electrons. The normalized spacial score (nSPS) is 16.6. The van der Waals surface area contributed by atoms with Gasteiger partial charge in [-0.2, -0.15) is 5.26 Å². The minimum atomic E-state index is -0.422. The Morgan fingerprint density at radius 3 is 2.46 bits per heavy atom. The first-order chi connectivity index (χ1) is 13.4. The summed E-state index contributed by atoms with van der Waals surface area (Å²) in [6.45, 7) is 3.39. The lowest BCUT2D eigenvalue weighted by Gasteiger charge is -2.29. The molecule has 2 aromatic carbocycles. The van der Waals surface area contributed by atoms with Gasteiger partial charge in [0, 0.05) is 27.1 Å². The van der Waals surface area contributed by atoms with Gasteiger partial charge in [-0.05, 0) is 43.2 Å². The van der Waals surface area contributed by atoms with Crippen molar-refractivity contribution < 1.29 is 4.79 Å². The zero-order valence-electron chi connectivity index (χ0n) is 15.4. The molecule has 1 aliphatic rings. The number of ketones is 1. The van der Waals surface area contributed by atoms with E-state index in [0.29, 0.717) is 26.9 Å². The summed E-state index contributed by atoms with van der Waals surface area (Å²) in [5.74, 6) is 0.131. The van der Waals surface area contributed by atoms with E-state index >= 15 is 0 Å². The maximum Gasteiger partial charge on any atom is 0.158 e. The van der Waals surface area contributed by atoms with E-state index in [4.69, 9.17) is 23.2 Å². The first kappa shape index (κ1) is 20.5. The van der Waals surface area contributed by atoms with Gasteiger partial charge in [-0.15, -0.1) is 11.8 Å². The van der Waals surface area contributed by atoms with Gasteiger partial charge in [0.25, 0.3) is 0 Å². The number of thioether (sulfide) groups is 1. The highest BCUT2D eigenvalue weighted by Crippen LogP contribution is 2.41. The third-order valence-electron chi connectivity index (χ3n) is 4.56. The fourth-order valence-corrected chi connectivity index (χ4v) is 4.75. The van der Waals surface area contributed by atoms with E-state index < -0.39 is 5.92 Å². The minimum absolute atomic E-state index is 0.0622. The summed E-state index contributed by atoms with van der Waals surface area (Å²) >= 11 is 13.8. The van der Waals surface area contributed by atoms with Crippen LogP contribution in [-0.2, 0) is 10.5 Å². The molecule has 0 aromatic heterocycles. The van der Waals surface area contributed by atoms with Gasteiger partial charge in [-0.3, -0.25) is 4.79 Å². The van der Waals surface area contributed by atoms with E-state index in [9.17, 15) is 10.1 Å². The summed E-state index contributed by atoms with van der Waals surface area (Å²) in [4.78, 5) is 12.4. The molecule has 0 aliphatic carbocycles. The maximum absolute atomic E-state index is 12.4. The molecule has 2 aromatic rings. The van der Waals surface area contributed by atoms with Crippen molar-refractivity contribution >= 4 is 40.7 Å². The number of hydrogen-bond acceptors (Lipinski definition) is 4. The number of Topliss-reactive ketones (excluding diaryl/α,β-unsaturated/α-hetero) is 1. The maximum atomic E-state index is 12.4. The van der Waals surface area contributed by atoms with Gasteiger partial charge in [0.15, 0.2) is 5.78 Å². The van der Waals surface area contributed by atoms with Crippen molar-refractivity contribution in [2.75, 3.05) is 0 Å². The second kappa shape index (κ2) is 8.87. The highest BCUT2D eigenvalue weighted by Gasteiger charge is 2.33. The van der Waals surface area contributed by atoms with Crippen molar-refractivity contribution in [3.8, 4) is 6.07 Å². The average Bonchev–Trinajstić information content (AvgIpc) is 2.67. The molecule has 1 N–H and O–H groups in total. The SMILES string of the molecule is CC(=O)C1=C(C)NC(SCc2ccccc2Cl)=C(C#N)[C@@H]1c1ccc(Cl)cc1. The van der Waals surface area contributed by atoms with Crippen LogP contribution in [0.15, 0.2) is 70.4 Å². The van der Waals surface area contributed by atoms with Crippen LogP contribution < -0.4 is 5.32 Å². The van der Waals surface area contributed by atoms with Gasteiger partial charge in [0.05, 0.1) is 22.6 Å². The molecule has 1 aliphatic heterocycles. The van der Waals surface area contributed by atoms with E-state index in [-0.39, 0.29) is 5.78 Å². The Labute approximate surface area is 179 Å². The monoisotopic (exact) mass is 428 g/mol. The third-order valence-corrected chi connectivity index (χ3v) is 6.25. The van der Waals surface area contributed by atoms with Crippen LogP contribution in [0.1, 0.15) is 30.9 Å². The van der Waals surface area contributed by atoms with Crippen molar-refractivity contribution in [2.45, 2.75) is 25.5 Å². The van der Waals surface area contributed by atoms with Crippen LogP contribution >= 0.6 is 35.0 Å². The number of rotatable bonds is 5. The summed E-state index contributed by atoms with van der Waals surface area (Å²) < 4.78 is 0. The average molecular weight is 429 g/mol. The topological polar surface area (TPSA) is 52.9 Å². The molecule has 1 heterocycles. The Bertz CT molecular complexity index is 1020. The molecule has 0 spiro atoms. The number of hydrogen-bond donors (Lipinski definition) is 1. The van der Waals surface area contributed by atoms with E-state index in [0.717, 1.165) is 21.9 Å². The molecule has 0 bridgehead atoms. The Morgan fingerprint density at radius 2 is 1.86 bits per heavy atom. The lowest BCUT2D eigenvalue weighted by Crippen LogP contribution is -2.27. The van der Waals surface area contributed by atoms with Crippen molar-refractivity contribution in [1.82, 2.24) is 5.32 Å². The van der Waals surface area contributed by atoms with Crippen LogP contribution in [0.2, 0.25) is 10.0 Å². The first-order valence-corrected chi connectivity index (χ1v) is 10.4. The van der Waals surface area contributed by atoms with E-state index in [1.165, 1.54) is 18.7 Å².